The standard InChI is InChI=1S/C22H28N2O2/c1-17-13-18(2)19(3)21(14-17)26-16-22(25)24-11-9-23(10-12-24)15-20-7-5-4-6-8-20/h4-8,13-14H,9-12,15-16H2,1-3H3. The van der Waals surface area contributed by atoms with E-state index in [1.165, 1.54) is 11.1 Å². The number of carbonyl (C=O) groups is 1. The number of piperazine rings is 1. The molecule has 0 bridgehead atoms. The molecular formula is C22H28N2O2. The lowest BCUT2D eigenvalue weighted by atomic mass is 10.1. The van der Waals surface area contributed by atoms with Crippen LogP contribution in [0, 0.1) is 20.8 Å². The fourth-order valence-electron chi connectivity index (χ4n) is 3.38. The smallest absolute Gasteiger partial charge is 0.260 e. The molecule has 138 valence electrons. The van der Waals surface area contributed by atoms with E-state index in [0.29, 0.717) is 0 Å². The molecule has 0 radical (unpaired) electrons. The molecule has 4 heteroatoms. The number of ether oxygens (including phenoxy) is 1. The largest absolute Gasteiger partial charge is 0.483 e. The molecule has 3 rings (SSSR count). The van der Waals surface area contributed by atoms with Gasteiger partial charge in [0, 0.05) is 32.7 Å². The van der Waals surface area contributed by atoms with E-state index < -0.39 is 0 Å². The number of amides is 1. The molecule has 1 aliphatic rings. The first-order valence-corrected chi connectivity index (χ1v) is 9.27. The fourth-order valence-corrected chi connectivity index (χ4v) is 3.38. The van der Waals surface area contributed by atoms with E-state index in [-0.39, 0.29) is 12.5 Å². The number of aryl methyl sites for hydroxylation is 2. The predicted molar refractivity (Wildman–Crippen MR) is 104 cm³/mol. The molecular weight excluding hydrogens is 324 g/mol. The number of nitrogens with zero attached hydrogens (tertiary/aromatic N) is 2. The Kier molecular flexibility index (Phi) is 5.94. The lowest BCUT2D eigenvalue weighted by Gasteiger charge is -2.34. The van der Waals surface area contributed by atoms with Crippen molar-refractivity contribution in [3.8, 4) is 5.75 Å². The normalized spacial score (nSPS) is 15.1. The van der Waals surface area contributed by atoms with E-state index in [4.69, 9.17) is 4.74 Å². The van der Waals surface area contributed by atoms with Crippen molar-refractivity contribution in [2.24, 2.45) is 0 Å². The number of benzene rings is 2. The predicted octanol–water partition coefficient (Wildman–Crippen LogP) is 3.34. The molecule has 4 nitrogen and oxygen atoms in total. The Morgan fingerprint density at radius 1 is 1.00 bits per heavy atom. The van der Waals surface area contributed by atoms with Gasteiger partial charge in [-0.2, -0.15) is 0 Å². The lowest BCUT2D eigenvalue weighted by molar-refractivity contribution is -0.135. The van der Waals surface area contributed by atoms with Crippen molar-refractivity contribution in [1.82, 2.24) is 9.80 Å². The summed E-state index contributed by atoms with van der Waals surface area (Å²) in [5.41, 5.74) is 4.78. The van der Waals surface area contributed by atoms with Crippen LogP contribution in [0.5, 0.6) is 5.75 Å². The van der Waals surface area contributed by atoms with Gasteiger partial charge in [-0.15, -0.1) is 0 Å². The van der Waals surface area contributed by atoms with Crippen molar-refractivity contribution in [3.63, 3.8) is 0 Å². The quantitative estimate of drug-likeness (QED) is 0.827. The van der Waals surface area contributed by atoms with E-state index in [1.54, 1.807) is 0 Å². The van der Waals surface area contributed by atoms with Gasteiger partial charge in [0.25, 0.3) is 5.91 Å². The van der Waals surface area contributed by atoms with Gasteiger partial charge in [0.1, 0.15) is 5.75 Å². The second-order valence-electron chi connectivity index (χ2n) is 7.14. The third-order valence-electron chi connectivity index (χ3n) is 5.09. The van der Waals surface area contributed by atoms with Crippen LogP contribution in [0.1, 0.15) is 22.3 Å². The Bertz CT molecular complexity index is 750. The Labute approximate surface area is 156 Å². The monoisotopic (exact) mass is 352 g/mol. The van der Waals surface area contributed by atoms with Crippen LogP contribution in [0.15, 0.2) is 42.5 Å². The Hall–Kier alpha value is -2.33. The Balaban J connectivity index is 1.48. The summed E-state index contributed by atoms with van der Waals surface area (Å²) in [4.78, 5) is 16.8. The molecule has 0 unspecified atom stereocenters. The van der Waals surface area contributed by atoms with Crippen LogP contribution in [-0.4, -0.2) is 48.5 Å². The van der Waals surface area contributed by atoms with Gasteiger partial charge >= 0.3 is 0 Å². The highest BCUT2D eigenvalue weighted by molar-refractivity contribution is 5.78. The summed E-state index contributed by atoms with van der Waals surface area (Å²) in [6.07, 6.45) is 0. The van der Waals surface area contributed by atoms with E-state index in [1.807, 2.05) is 30.9 Å². The highest BCUT2D eigenvalue weighted by Crippen LogP contribution is 2.23. The average Bonchev–Trinajstić information content (AvgIpc) is 2.64. The fraction of sp³-hybridized carbons (Fsp3) is 0.409. The molecule has 1 heterocycles. The maximum Gasteiger partial charge on any atom is 0.260 e. The third kappa shape index (κ3) is 4.64. The number of hydrogen-bond donors (Lipinski definition) is 0. The zero-order chi connectivity index (χ0) is 18.5. The molecule has 0 saturated carbocycles. The summed E-state index contributed by atoms with van der Waals surface area (Å²) in [6.45, 7) is 10.6. The van der Waals surface area contributed by atoms with Gasteiger partial charge in [-0.25, -0.2) is 0 Å². The Morgan fingerprint density at radius 3 is 2.38 bits per heavy atom. The van der Waals surface area contributed by atoms with E-state index in [0.717, 1.165) is 49.6 Å². The zero-order valence-corrected chi connectivity index (χ0v) is 16.0. The lowest BCUT2D eigenvalue weighted by Crippen LogP contribution is -2.49. The van der Waals surface area contributed by atoms with Crippen LogP contribution < -0.4 is 4.74 Å². The van der Waals surface area contributed by atoms with Crippen LogP contribution in [-0.2, 0) is 11.3 Å². The first-order valence-electron chi connectivity index (χ1n) is 9.27. The van der Waals surface area contributed by atoms with Crippen LogP contribution in [0.2, 0.25) is 0 Å². The summed E-state index contributed by atoms with van der Waals surface area (Å²) in [5, 5.41) is 0. The first kappa shape index (κ1) is 18.5. The summed E-state index contributed by atoms with van der Waals surface area (Å²) in [6, 6.07) is 14.6. The van der Waals surface area contributed by atoms with Gasteiger partial charge in [-0.3, -0.25) is 9.69 Å². The van der Waals surface area contributed by atoms with Crippen LogP contribution in [0.4, 0.5) is 0 Å². The van der Waals surface area contributed by atoms with E-state index >= 15 is 0 Å². The number of rotatable bonds is 5. The molecule has 1 amide bonds. The van der Waals surface area contributed by atoms with Gasteiger partial charge in [-0.1, -0.05) is 36.4 Å². The molecule has 26 heavy (non-hydrogen) atoms. The number of hydrogen-bond acceptors (Lipinski definition) is 3. The topological polar surface area (TPSA) is 32.8 Å². The highest BCUT2D eigenvalue weighted by Gasteiger charge is 2.21. The molecule has 1 fully saturated rings. The van der Waals surface area contributed by atoms with Crippen LogP contribution >= 0.6 is 0 Å². The van der Waals surface area contributed by atoms with Gasteiger partial charge in [0.05, 0.1) is 0 Å². The zero-order valence-electron chi connectivity index (χ0n) is 16.0. The summed E-state index contributed by atoms with van der Waals surface area (Å²) < 4.78 is 5.83. The highest BCUT2D eigenvalue weighted by atomic mass is 16.5. The average molecular weight is 352 g/mol. The second kappa shape index (κ2) is 8.37. The maximum absolute atomic E-state index is 12.5. The van der Waals surface area contributed by atoms with Crippen LogP contribution in [0.25, 0.3) is 0 Å². The second-order valence-corrected chi connectivity index (χ2v) is 7.14. The van der Waals surface area contributed by atoms with Crippen molar-refractivity contribution in [2.75, 3.05) is 32.8 Å². The van der Waals surface area contributed by atoms with Crippen molar-refractivity contribution in [3.05, 3.63) is 64.7 Å². The first-order chi connectivity index (χ1) is 12.5. The van der Waals surface area contributed by atoms with Crippen molar-refractivity contribution >= 4 is 5.91 Å². The molecule has 2 aromatic rings. The number of carbonyl (C=O) groups excluding carboxylic acids is 1. The molecule has 0 spiro atoms. The van der Waals surface area contributed by atoms with Gasteiger partial charge in [0.2, 0.25) is 0 Å². The van der Waals surface area contributed by atoms with E-state index in [2.05, 4.69) is 42.2 Å². The molecule has 1 aliphatic heterocycles. The minimum atomic E-state index is 0.0721. The van der Waals surface area contributed by atoms with Gasteiger partial charge in [0.15, 0.2) is 6.61 Å². The molecule has 0 atom stereocenters. The van der Waals surface area contributed by atoms with Crippen LogP contribution in [0.3, 0.4) is 0 Å². The van der Waals surface area contributed by atoms with Gasteiger partial charge < -0.3 is 9.64 Å². The molecule has 0 N–H and O–H groups in total. The SMILES string of the molecule is Cc1cc(C)c(C)c(OCC(=O)N2CCN(Cc3ccccc3)CC2)c1. The molecule has 2 aromatic carbocycles. The Morgan fingerprint density at radius 2 is 1.69 bits per heavy atom. The summed E-state index contributed by atoms with van der Waals surface area (Å²) >= 11 is 0. The van der Waals surface area contributed by atoms with Crippen molar-refractivity contribution in [2.45, 2.75) is 27.3 Å². The summed E-state index contributed by atoms with van der Waals surface area (Å²) in [7, 11) is 0. The van der Waals surface area contributed by atoms with Crippen molar-refractivity contribution < 1.29 is 9.53 Å². The minimum Gasteiger partial charge on any atom is -0.483 e. The van der Waals surface area contributed by atoms with Gasteiger partial charge in [-0.05, 0) is 49.1 Å². The van der Waals surface area contributed by atoms with Crippen molar-refractivity contribution in [1.29, 1.82) is 0 Å². The molecule has 1 saturated heterocycles. The minimum absolute atomic E-state index is 0.0721. The maximum atomic E-state index is 12.5. The summed E-state index contributed by atoms with van der Waals surface area (Å²) in [5.74, 6) is 0.890. The van der Waals surface area contributed by atoms with E-state index in [9.17, 15) is 4.79 Å². The third-order valence-corrected chi connectivity index (χ3v) is 5.09. The molecule has 0 aromatic heterocycles. The molecule has 0 aliphatic carbocycles.